The fourth-order valence-electron chi connectivity index (χ4n) is 0.637. The van der Waals surface area contributed by atoms with E-state index in [2.05, 4.69) is 11.9 Å². The van der Waals surface area contributed by atoms with E-state index in [0.717, 1.165) is 5.70 Å². The standard InChI is InChI=1S/C8H13N3/c1-3-8(6-10)7(2)11-5-4-9/h3,11H,1,4-5,9H2,2H3/b8-7-. The molecule has 60 valence electrons. The Morgan fingerprint density at radius 3 is 2.82 bits per heavy atom. The van der Waals surface area contributed by atoms with Crippen LogP contribution in [0.4, 0.5) is 0 Å². The Kier molecular flexibility index (Phi) is 4.87. The van der Waals surface area contributed by atoms with Crippen LogP contribution < -0.4 is 11.1 Å². The normalized spacial score (nSPS) is 11.4. The van der Waals surface area contributed by atoms with Gasteiger partial charge in [0.1, 0.15) is 6.07 Å². The van der Waals surface area contributed by atoms with Gasteiger partial charge in [0.2, 0.25) is 0 Å². The minimum atomic E-state index is 0.563. The number of allylic oxidation sites excluding steroid dienone is 3. The number of nitrogens with one attached hydrogen (secondary N) is 1. The highest BCUT2D eigenvalue weighted by Gasteiger charge is 1.94. The number of nitrogens with zero attached hydrogens (tertiary/aromatic N) is 1. The third-order valence-corrected chi connectivity index (χ3v) is 1.26. The molecule has 0 unspecified atom stereocenters. The lowest BCUT2D eigenvalue weighted by atomic mass is 10.2. The van der Waals surface area contributed by atoms with Gasteiger partial charge >= 0.3 is 0 Å². The molecule has 0 amide bonds. The Bertz CT molecular complexity index is 198. The molecule has 0 aliphatic carbocycles. The van der Waals surface area contributed by atoms with E-state index in [9.17, 15) is 0 Å². The maximum Gasteiger partial charge on any atom is 0.101 e. The van der Waals surface area contributed by atoms with Crippen LogP contribution in [0.5, 0.6) is 0 Å². The number of rotatable bonds is 4. The number of hydrogen-bond acceptors (Lipinski definition) is 3. The fraction of sp³-hybridized carbons (Fsp3) is 0.375. The lowest BCUT2D eigenvalue weighted by Gasteiger charge is -2.04. The van der Waals surface area contributed by atoms with Gasteiger partial charge in [-0.3, -0.25) is 0 Å². The van der Waals surface area contributed by atoms with Gasteiger partial charge in [0.05, 0.1) is 5.57 Å². The van der Waals surface area contributed by atoms with Gasteiger partial charge in [-0.05, 0) is 13.0 Å². The van der Waals surface area contributed by atoms with Crippen LogP contribution in [0.2, 0.25) is 0 Å². The first kappa shape index (κ1) is 9.73. The Balaban J connectivity index is 4.15. The van der Waals surface area contributed by atoms with Crippen molar-refractivity contribution in [3.8, 4) is 6.07 Å². The molecule has 0 rings (SSSR count). The molecule has 11 heavy (non-hydrogen) atoms. The molecule has 0 fully saturated rings. The molecule has 0 radical (unpaired) electrons. The van der Waals surface area contributed by atoms with Crippen molar-refractivity contribution in [2.45, 2.75) is 6.92 Å². The predicted molar refractivity (Wildman–Crippen MR) is 45.6 cm³/mol. The van der Waals surface area contributed by atoms with E-state index in [0.29, 0.717) is 18.7 Å². The van der Waals surface area contributed by atoms with Crippen molar-refractivity contribution in [1.82, 2.24) is 5.32 Å². The van der Waals surface area contributed by atoms with Gasteiger partial charge in [-0.15, -0.1) is 0 Å². The first-order valence-corrected chi connectivity index (χ1v) is 3.43. The van der Waals surface area contributed by atoms with Crippen LogP contribution >= 0.6 is 0 Å². The maximum atomic E-state index is 8.55. The first-order chi connectivity index (χ1) is 5.26. The molecule has 3 N–H and O–H groups in total. The molecular formula is C8H13N3. The molecule has 0 saturated carbocycles. The van der Waals surface area contributed by atoms with Gasteiger partial charge < -0.3 is 11.1 Å². The summed E-state index contributed by atoms with van der Waals surface area (Å²) in [5.41, 5.74) is 6.66. The Labute approximate surface area is 67.2 Å². The van der Waals surface area contributed by atoms with Crippen molar-refractivity contribution in [3.63, 3.8) is 0 Å². The summed E-state index contributed by atoms with van der Waals surface area (Å²) in [7, 11) is 0. The number of nitriles is 1. The second kappa shape index (κ2) is 5.51. The highest BCUT2D eigenvalue weighted by atomic mass is 14.9. The van der Waals surface area contributed by atoms with Crippen LogP contribution in [-0.2, 0) is 0 Å². The summed E-state index contributed by atoms with van der Waals surface area (Å²) in [5.74, 6) is 0. The third-order valence-electron chi connectivity index (χ3n) is 1.26. The second-order valence-electron chi connectivity index (χ2n) is 2.07. The molecule has 0 saturated heterocycles. The summed E-state index contributed by atoms with van der Waals surface area (Å²) in [6, 6.07) is 2.02. The molecular weight excluding hydrogens is 138 g/mol. The Morgan fingerprint density at radius 1 is 1.82 bits per heavy atom. The van der Waals surface area contributed by atoms with Crippen molar-refractivity contribution in [2.75, 3.05) is 13.1 Å². The van der Waals surface area contributed by atoms with Gasteiger partial charge in [0.25, 0.3) is 0 Å². The Hall–Kier alpha value is -1.27. The lowest BCUT2D eigenvalue weighted by molar-refractivity contribution is 0.794. The molecule has 0 aliphatic rings. The number of nitrogens with two attached hydrogens (primary N) is 1. The van der Waals surface area contributed by atoms with E-state index in [1.54, 1.807) is 0 Å². The minimum Gasteiger partial charge on any atom is -0.386 e. The third kappa shape index (κ3) is 3.43. The summed E-state index contributed by atoms with van der Waals surface area (Å²) in [6.07, 6.45) is 1.53. The average molecular weight is 151 g/mol. The van der Waals surface area contributed by atoms with Crippen molar-refractivity contribution < 1.29 is 0 Å². The van der Waals surface area contributed by atoms with E-state index in [1.165, 1.54) is 6.08 Å². The second-order valence-corrected chi connectivity index (χ2v) is 2.07. The zero-order valence-corrected chi connectivity index (χ0v) is 6.72. The van der Waals surface area contributed by atoms with E-state index < -0.39 is 0 Å². The van der Waals surface area contributed by atoms with Gasteiger partial charge in [-0.25, -0.2) is 0 Å². The van der Waals surface area contributed by atoms with Crippen LogP contribution in [0.3, 0.4) is 0 Å². The molecule has 0 atom stereocenters. The van der Waals surface area contributed by atoms with Crippen LogP contribution in [0.25, 0.3) is 0 Å². The summed E-state index contributed by atoms with van der Waals surface area (Å²) in [6.45, 7) is 6.59. The van der Waals surface area contributed by atoms with Crippen molar-refractivity contribution >= 4 is 0 Å². The van der Waals surface area contributed by atoms with Gasteiger partial charge in [-0.2, -0.15) is 5.26 Å². The molecule has 0 bridgehead atoms. The first-order valence-electron chi connectivity index (χ1n) is 3.43. The highest BCUT2D eigenvalue weighted by Crippen LogP contribution is 1.98. The van der Waals surface area contributed by atoms with Crippen molar-refractivity contribution in [1.29, 1.82) is 5.26 Å². The van der Waals surface area contributed by atoms with Crippen LogP contribution in [0, 0.1) is 11.3 Å². The molecule has 0 spiro atoms. The molecule has 0 aromatic heterocycles. The van der Waals surface area contributed by atoms with Crippen molar-refractivity contribution in [3.05, 3.63) is 23.9 Å². The average Bonchev–Trinajstić information content (AvgIpc) is 2.03. The SMILES string of the molecule is C=C/C(C#N)=C(\C)NCCN. The summed E-state index contributed by atoms with van der Waals surface area (Å²) >= 11 is 0. The predicted octanol–water partition coefficient (Wildman–Crippen LogP) is 0.518. The summed E-state index contributed by atoms with van der Waals surface area (Å²) < 4.78 is 0. The molecule has 0 aliphatic heterocycles. The maximum absolute atomic E-state index is 8.55. The minimum absolute atomic E-state index is 0.563. The zero-order valence-electron chi connectivity index (χ0n) is 6.72. The monoisotopic (exact) mass is 151 g/mol. The largest absolute Gasteiger partial charge is 0.386 e. The zero-order chi connectivity index (χ0) is 8.69. The van der Waals surface area contributed by atoms with E-state index in [4.69, 9.17) is 11.0 Å². The molecule has 0 heterocycles. The van der Waals surface area contributed by atoms with Crippen LogP contribution in [-0.4, -0.2) is 13.1 Å². The Morgan fingerprint density at radius 2 is 2.45 bits per heavy atom. The smallest absolute Gasteiger partial charge is 0.101 e. The molecule has 0 aromatic carbocycles. The number of hydrogen-bond donors (Lipinski definition) is 2. The van der Waals surface area contributed by atoms with E-state index in [1.807, 2.05) is 13.0 Å². The van der Waals surface area contributed by atoms with Gasteiger partial charge in [0.15, 0.2) is 0 Å². The summed E-state index contributed by atoms with van der Waals surface area (Å²) in [4.78, 5) is 0. The van der Waals surface area contributed by atoms with Crippen LogP contribution in [0.15, 0.2) is 23.9 Å². The molecule has 3 heteroatoms. The lowest BCUT2D eigenvalue weighted by Crippen LogP contribution is -2.21. The van der Waals surface area contributed by atoms with E-state index in [-0.39, 0.29) is 0 Å². The summed E-state index contributed by atoms with van der Waals surface area (Å²) in [5, 5.41) is 11.5. The van der Waals surface area contributed by atoms with Gasteiger partial charge in [-0.1, -0.05) is 6.58 Å². The molecule has 3 nitrogen and oxygen atoms in total. The van der Waals surface area contributed by atoms with Gasteiger partial charge in [0, 0.05) is 18.8 Å². The fourth-order valence-corrected chi connectivity index (χ4v) is 0.637. The quantitative estimate of drug-likeness (QED) is 0.455. The topological polar surface area (TPSA) is 61.8 Å². The van der Waals surface area contributed by atoms with Crippen molar-refractivity contribution in [2.24, 2.45) is 5.73 Å². The van der Waals surface area contributed by atoms with E-state index >= 15 is 0 Å². The molecule has 0 aromatic rings. The van der Waals surface area contributed by atoms with Crippen LogP contribution in [0.1, 0.15) is 6.92 Å². The highest BCUT2D eigenvalue weighted by molar-refractivity contribution is 5.35.